The molecule has 0 aliphatic rings. The van der Waals surface area contributed by atoms with Gasteiger partial charge in [0.1, 0.15) is 0 Å². The predicted octanol–water partition coefficient (Wildman–Crippen LogP) is 20.9. The summed E-state index contributed by atoms with van der Waals surface area (Å²) in [5.41, 5.74) is 0. The number of amides is 1. The zero-order valence-electron chi connectivity index (χ0n) is 47.0. The van der Waals surface area contributed by atoms with Gasteiger partial charge in [0.25, 0.3) is 0 Å². The van der Waals surface area contributed by atoms with Gasteiger partial charge in [0, 0.05) is 6.42 Å². The number of aliphatic hydroxyl groups is 2. The van der Waals surface area contributed by atoms with E-state index in [4.69, 9.17) is 0 Å². The Morgan fingerprint density at radius 2 is 0.629 bits per heavy atom. The fraction of sp³-hybridized carbons (Fsp3) is 0.803. The van der Waals surface area contributed by atoms with Crippen molar-refractivity contribution >= 4 is 5.91 Å². The first-order valence-electron chi connectivity index (χ1n) is 31.1. The molecule has 4 nitrogen and oxygen atoms in total. The second-order valence-electron chi connectivity index (χ2n) is 21.1. The van der Waals surface area contributed by atoms with Crippen LogP contribution in [0.5, 0.6) is 0 Å². The standard InChI is InChI=1S/C66H121NO3/c1-3-5-7-9-11-13-15-17-19-21-23-25-27-29-30-31-32-33-34-35-36-38-40-42-44-46-48-50-52-54-56-58-60-62-66(70)67-64(63-68)65(69)61-59-57-55-53-51-49-47-45-43-41-39-37-28-26-24-22-20-18-16-14-12-10-8-6-4-2/h5,7,11,13,17,19,23,25,29-30,32-33,64-65,68-69H,3-4,6,8-10,12,14-16,18,20-22,24,26-28,31,34-63H2,1-2H3,(H,67,70)/b7-5-,13-11-,19-17-,25-23-,30-29-,33-32-. The molecular formula is C66H121NO3. The summed E-state index contributed by atoms with van der Waals surface area (Å²) in [5, 5.41) is 23.4. The van der Waals surface area contributed by atoms with E-state index in [1.54, 1.807) is 0 Å². The number of aliphatic hydroxyl groups excluding tert-OH is 2. The van der Waals surface area contributed by atoms with Crippen molar-refractivity contribution in [2.24, 2.45) is 0 Å². The van der Waals surface area contributed by atoms with Gasteiger partial charge < -0.3 is 15.5 Å². The highest BCUT2D eigenvalue weighted by atomic mass is 16.3. The maximum atomic E-state index is 12.5. The van der Waals surface area contributed by atoms with Gasteiger partial charge in [-0.2, -0.15) is 0 Å². The lowest BCUT2D eigenvalue weighted by Crippen LogP contribution is -2.45. The first kappa shape index (κ1) is 67.8. The zero-order valence-corrected chi connectivity index (χ0v) is 47.0. The lowest BCUT2D eigenvalue weighted by atomic mass is 10.0. The van der Waals surface area contributed by atoms with E-state index in [1.807, 2.05) is 0 Å². The van der Waals surface area contributed by atoms with Gasteiger partial charge in [-0.3, -0.25) is 4.79 Å². The second-order valence-corrected chi connectivity index (χ2v) is 21.1. The Labute approximate surface area is 438 Å². The van der Waals surface area contributed by atoms with Crippen LogP contribution in [-0.4, -0.2) is 34.9 Å². The molecule has 0 aromatic rings. The third kappa shape index (κ3) is 56.7. The Morgan fingerprint density at radius 1 is 0.357 bits per heavy atom. The van der Waals surface area contributed by atoms with Crippen LogP contribution >= 0.6 is 0 Å². The van der Waals surface area contributed by atoms with Crippen LogP contribution in [0.15, 0.2) is 72.9 Å². The molecule has 0 aromatic heterocycles. The van der Waals surface area contributed by atoms with Crippen molar-refractivity contribution in [3.8, 4) is 0 Å². The minimum Gasteiger partial charge on any atom is -0.394 e. The number of nitrogens with one attached hydrogen (secondary N) is 1. The average molecular weight is 977 g/mol. The minimum atomic E-state index is -0.664. The van der Waals surface area contributed by atoms with Crippen LogP contribution in [0.2, 0.25) is 0 Å². The molecule has 70 heavy (non-hydrogen) atoms. The number of rotatable bonds is 57. The summed E-state index contributed by atoms with van der Waals surface area (Å²) in [6.45, 7) is 4.27. The molecule has 4 heteroatoms. The largest absolute Gasteiger partial charge is 0.394 e. The first-order valence-corrected chi connectivity index (χ1v) is 31.1. The highest BCUT2D eigenvalue weighted by molar-refractivity contribution is 5.76. The van der Waals surface area contributed by atoms with E-state index in [0.717, 1.165) is 64.2 Å². The van der Waals surface area contributed by atoms with Crippen molar-refractivity contribution in [3.63, 3.8) is 0 Å². The van der Waals surface area contributed by atoms with Crippen molar-refractivity contribution in [2.45, 2.75) is 334 Å². The molecule has 0 fully saturated rings. The maximum Gasteiger partial charge on any atom is 0.220 e. The SMILES string of the molecule is CC/C=C\C/C=C\C/C=C\C/C=C\C/C=C\C/C=C\CCCCCCCCCCCCCCCCC(=O)NC(CO)C(O)CCCCCCCCCCCCCCCCCCCCCCCCCCC. The Kier molecular flexibility index (Phi) is 59.2. The highest BCUT2D eigenvalue weighted by Crippen LogP contribution is 2.18. The van der Waals surface area contributed by atoms with Crippen LogP contribution in [0.4, 0.5) is 0 Å². The van der Waals surface area contributed by atoms with Gasteiger partial charge in [0.2, 0.25) is 5.91 Å². The molecule has 408 valence electrons. The second kappa shape index (κ2) is 61.1. The van der Waals surface area contributed by atoms with E-state index in [9.17, 15) is 15.0 Å². The van der Waals surface area contributed by atoms with E-state index < -0.39 is 12.1 Å². The molecule has 1 amide bonds. The molecular weight excluding hydrogens is 855 g/mol. The lowest BCUT2D eigenvalue weighted by molar-refractivity contribution is -0.123. The van der Waals surface area contributed by atoms with Crippen molar-refractivity contribution in [1.82, 2.24) is 5.32 Å². The van der Waals surface area contributed by atoms with Crippen LogP contribution in [0.3, 0.4) is 0 Å². The molecule has 0 saturated heterocycles. The Balaban J connectivity index is 3.46. The minimum absolute atomic E-state index is 0.0298. The molecule has 0 heterocycles. The summed E-state index contributed by atoms with van der Waals surface area (Å²) in [4.78, 5) is 12.5. The van der Waals surface area contributed by atoms with Crippen molar-refractivity contribution in [2.75, 3.05) is 6.61 Å². The van der Waals surface area contributed by atoms with Gasteiger partial charge in [-0.05, 0) is 64.2 Å². The van der Waals surface area contributed by atoms with Gasteiger partial charge in [-0.15, -0.1) is 0 Å². The van der Waals surface area contributed by atoms with Gasteiger partial charge >= 0.3 is 0 Å². The van der Waals surface area contributed by atoms with Crippen LogP contribution < -0.4 is 5.32 Å². The summed E-state index contributed by atoms with van der Waals surface area (Å²) in [5.74, 6) is -0.0298. The first-order chi connectivity index (χ1) is 34.7. The fourth-order valence-electron chi connectivity index (χ4n) is 9.54. The number of allylic oxidation sites excluding steroid dienone is 12. The molecule has 0 rings (SSSR count). The predicted molar refractivity (Wildman–Crippen MR) is 313 cm³/mol. The molecule has 0 aromatic carbocycles. The number of hydrogen-bond acceptors (Lipinski definition) is 3. The Bertz CT molecular complexity index is 1200. The molecule has 3 N–H and O–H groups in total. The van der Waals surface area contributed by atoms with E-state index >= 15 is 0 Å². The monoisotopic (exact) mass is 976 g/mol. The van der Waals surface area contributed by atoms with Gasteiger partial charge in [-0.1, -0.05) is 324 Å². The third-order valence-electron chi connectivity index (χ3n) is 14.2. The fourth-order valence-corrected chi connectivity index (χ4v) is 9.54. The van der Waals surface area contributed by atoms with Gasteiger partial charge in [0.05, 0.1) is 18.8 Å². The van der Waals surface area contributed by atoms with Crippen molar-refractivity contribution in [1.29, 1.82) is 0 Å². The molecule has 0 spiro atoms. The van der Waals surface area contributed by atoms with Crippen LogP contribution in [0, 0.1) is 0 Å². The zero-order chi connectivity index (χ0) is 50.6. The highest BCUT2D eigenvalue weighted by Gasteiger charge is 2.20. The Morgan fingerprint density at radius 3 is 0.943 bits per heavy atom. The third-order valence-corrected chi connectivity index (χ3v) is 14.2. The molecule has 0 saturated carbocycles. The number of carbonyl (C=O) groups excluding carboxylic acids is 1. The van der Waals surface area contributed by atoms with Crippen LogP contribution in [-0.2, 0) is 4.79 Å². The molecule has 0 bridgehead atoms. The van der Waals surface area contributed by atoms with Crippen LogP contribution in [0.1, 0.15) is 322 Å². The van der Waals surface area contributed by atoms with Crippen molar-refractivity contribution < 1.29 is 15.0 Å². The maximum absolute atomic E-state index is 12.5. The molecule has 0 radical (unpaired) electrons. The van der Waals surface area contributed by atoms with Crippen molar-refractivity contribution in [3.05, 3.63) is 72.9 Å². The number of carbonyl (C=O) groups is 1. The van der Waals surface area contributed by atoms with E-state index in [2.05, 4.69) is 92.1 Å². The average Bonchev–Trinajstić information content (AvgIpc) is 3.36. The smallest absolute Gasteiger partial charge is 0.220 e. The number of hydrogen-bond donors (Lipinski definition) is 3. The van der Waals surface area contributed by atoms with E-state index in [0.29, 0.717) is 12.8 Å². The summed E-state index contributed by atoms with van der Waals surface area (Å²) >= 11 is 0. The molecule has 0 aliphatic heterocycles. The summed E-state index contributed by atoms with van der Waals surface area (Å²) in [6.07, 6.45) is 87.7. The topological polar surface area (TPSA) is 69.6 Å². The molecule has 0 aliphatic carbocycles. The lowest BCUT2D eigenvalue weighted by Gasteiger charge is -2.22. The molecule has 2 atom stereocenters. The molecule has 2 unspecified atom stereocenters. The normalized spacial score (nSPS) is 13.3. The quantitative estimate of drug-likeness (QED) is 0.0420. The van der Waals surface area contributed by atoms with E-state index in [1.165, 1.54) is 231 Å². The van der Waals surface area contributed by atoms with Crippen LogP contribution in [0.25, 0.3) is 0 Å². The van der Waals surface area contributed by atoms with Gasteiger partial charge in [0.15, 0.2) is 0 Å². The summed E-state index contributed by atoms with van der Waals surface area (Å²) < 4.78 is 0. The summed E-state index contributed by atoms with van der Waals surface area (Å²) in [6, 6.07) is -0.541. The Hall–Kier alpha value is -2.17. The van der Waals surface area contributed by atoms with E-state index in [-0.39, 0.29) is 12.5 Å². The summed E-state index contributed by atoms with van der Waals surface area (Å²) in [7, 11) is 0. The van der Waals surface area contributed by atoms with Gasteiger partial charge in [-0.25, -0.2) is 0 Å². The number of unbranched alkanes of at least 4 members (excludes halogenated alkanes) is 38.